The van der Waals surface area contributed by atoms with Gasteiger partial charge in [0.05, 0.1) is 40.3 Å². The Morgan fingerprint density at radius 2 is 0.917 bits per heavy atom. The Labute approximate surface area is 366 Å². The van der Waals surface area contributed by atoms with E-state index >= 15 is 0 Å². The standard InChI is InChI=1S/C52H83NO7/c1-6-8-10-12-14-16-18-20-22-24-25-27-29-31-33-35-37-39-41-43-51(55)60-48(46-58-45-44-49(52(56)57)53(3,4)5)47-59-50(54)42-40-38-36-34-32-30-28-26-23-21-19-17-15-13-11-9-7-2/h8-11,14-17,20-23,25,27,31,33,37,39,48-49H,6-7,12-13,18-19,24,26,28-30,32,34-36,38,40-47H2,1-5H3/b10-8-,11-9-,16-14-,17-15-,22-20-,23-21-,27-25-,33-31-,39-37-. The number of nitrogens with zero attached hydrogens (tertiary/aromatic N) is 1. The summed E-state index contributed by atoms with van der Waals surface area (Å²) >= 11 is 0. The molecule has 0 spiro atoms. The fourth-order valence-electron chi connectivity index (χ4n) is 5.93. The second-order valence-electron chi connectivity index (χ2n) is 15.9. The van der Waals surface area contributed by atoms with Crippen LogP contribution in [0.15, 0.2) is 109 Å². The number of esters is 2. The van der Waals surface area contributed by atoms with Gasteiger partial charge < -0.3 is 28.6 Å². The predicted molar refractivity (Wildman–Crippen MR) is 249 cm³/mol. The number of quaternary nitrogens is 1. The maximum Gasteiger partial charge on any atom is 0.306 e. The van der Waals surface area contributed by atoms with E-state index in [0.717, 1.165) is 89.9 Å². The van der Waals surface area contributed by atoms with E-state index in [1.54, 1.807) is 21.1 Å². The lowest BCUT2D eigenvalue weighted by Crippen LogP contribution is -2.55. The van der Waals surface area contributed by atoms with Gasteiger partial charge in [-0.3, -0.25) is 9.59 Å². The molecule has 0 rings (SSSR count). The third-order valence-electron chi connectivity index (χ3n) is 9.42. The van der Waals surface area contributed by atoms with E-state index in [2.05, 4.69) is 111 Å². The SMILES string of the molecule is CC/C=C\C/C=C\C/C=C\C/C=C\C/C=C\C/C=C\CCC(=O)OC(COCCC(C(=O)[O-])[N+](C)(C)C)COC(=O)CCCCCCCCC/C=C\C/C=C\C/C=C\CC. The molecular weight excluding hydrogens is 751 g/mol. The van der Waals surface area contributed by atoms with Gasteiger partial charge in [-0.05, 0) is 83.5 Å². The third kappa shape index (κ3) is 39.5. The van der Waals surface area contributed by atoms with Gasteiger partial charge in [-0.2, -0.15) is 0 Å². The van der Waals surface area contributed by atoms with Crippen LogP contribution in [0, 0.1) is 0 Å². The fourth-order valence-corrected chi connectivity index (χ4v) is 5.93. The lowest BCUT2D eigenvalue weighted by molar-refractivity contribution is -0.889. The first-order chi connectivity index (χ1) is 29.1. The molecule has 0 aromatic rings. The van der Waals surface area contributed by atoms with Gasteiger partial charge >= 0.3 is 11.9 Å². The molecule has 0 amide bonds. The summed E-state index contributed by atoms with van der Waals surface area (Å²) in [6.45, 7) is 4.32. The number of ether oxygens (including phenoxy) is 3. The Kier molecular flexibility index (Phi) is 38.9. The van der Waals surface area contributed by atoms with Crippen LogP contribution in [-0.4, -0.2) is 75.5 Å². The Morgan fingerprint density at radius 1 is 0.500 bits per heavy atom. The third-order valence-corrected chi connectivity index (χ3v) is 9.42. The average molecular weight is 834 g/mol. The molecule has 0 aliphatic heterocycles. The number of likely N-dealkylation sites (N-methyl/N-ethyl adjacent to an activating group) is 1. The predicted octanol–water partition coefficient (Wildman–Crippen LogP) is 11.5. The highest BCUT2D eigenvalue weighted by Gasteiger charge is 2.25. The first-order valence-corrected chi connectivity index (χ1v) is 22.9. The maximum atomic E-state index is 12.7. The molecule has 0 heterocycles. The van der Waals surface area contributed by atoms with E-state index in [1.165, 1.54) is 19.3 Å². The van der Waals surface area contributed by atoms with Crippen LogP contribution in [0.25, 0.3) is 0 Å². The first kappa shape index (κ1) is 56.0. The smallest absolute Gasteiger partial charge is 0.306 e. The quantitative estimate of drug-likeness (QED) is 0.0263. The summed E-state index contributed by atoms with van der Waals surface area (Å²) in [6, 6.07) is -0.747. The highest BCUT2D eigenvalue weighted by molar-refractivity contribution is 5.70. The van der Waals surface area contributed by atoms with Gasteiger partial charge in [0.25, 0.3) is 0 Å². The molecule has 2 unspecified atom stereocenters. The van der Waals surface area contributed by atoms with E-state index in [4.69, 9.17) is 14.2 Å². The van der Waals surface area contributed by atoms with Crippen LogP contribution in [0.2, 0.25) is 0 Å². The average Bonchev–Trinajstić information content (AvgIpc) is 3.21. The number of unbranched alkanes of at least 4 members (excludes halogenated alkanes) is 7. The van der Waals surface area contributed by atoms with Crippen molar-refractivity contribution < 1.29 is 38.2 Å². The number of carbonyl (C=O) groups excluding carboxylic acids is 3. The molecule has 0 bridgehead atoms. The van der Waals surface area contributed by atoms with Crippen molar-refractivity contribution in [3.8, 4) is 0 Å². The molecule has 2 atom stereocenters. The van der Waals surface area contributed by atoms with Crippen molar-refractivity contribution in [1.82, 2.24) is 0 Å². The van der Waals surface area contributed by atoms with Gasteiger partial charge in [0.1, 0.15) is 12.6 Å². The number of hydrogen-bond acceptors (Lipinski definition) is 7. The zero-order valence-corrected chi connectivity index (χ0v) is 38.3. The Hall–Kier alpha value is -4.01. The molecule has 0 radical (unpaired) electrons. The number of hydrogen-bond donors (Lipinski definition) is 0. The van der Waals surface area contributed by atoms with Crippen molar-refractivity contribution in [3.05, 3.63) is 109 Å². The zero-order valence-electron chi connectivity index (χ0n) is 38.3. The van der Waals surface area contributed by atoms with Crippen LogP contribution >= 0.6 is 0 Å². The van der Waals surface area contributed by atoms with E-state index in [9.17, 15) is 19.5 Å². The van der Waals surface area contributed by atoms with Crippen molar-refractivity contribution in [2.24, 2.45) is 0 Å². The van der Waals surface area contributed by atoms with E-state index in [-0.39, 0.29) is 43.1 Å². The lowest BCUT2D eigenvalue weighted by atomic mass is 10.1. The molecule has 0 aliphatic rings. The molecule has 0 aromatic carbocycles. The van der Waals surface area contributed by atoms with Gasteiger partial charge in [-0.1, -0.05) is 155 Å². The largest absolute Gasteiger partial charge is 0.544 e. The number of carbonyl (C=O) groups is 3. The van der Waals surface area contributed by atoms with Crippen LogP contribution in [-0.2, 0) is 28.6 Å². The Bertz CT molecular complexity index is 1340. The van der Waals surface area contributed by atoms with Gasteiger partial charge in [0, 0.05) is 19.3 Å². The van der Waals surface area contributed by atoms with Crippen molar-refractivity contribution in [3.63, 3.8) is 0 Å². The summed E-state index contributed by atoms with van der Waals surface area (Å²) in [7, 11) is 5.37. The highest BCUT2D eigenvalue weighted by atomic mass is 16.6. The normalized spacial score (nSPS) is 13.9. The molecule has 60 heavy (non-hydrogen) atoms. The van der Waals surface area contributed by atoms with E-state index in [0.29, 0.717) is 12.8 Å². The maximum absolute atomic E-state index is 12.7. The number of rotatable bonds is 39. The number of carboxylic acids is 1. The summed E-state index contributed by atoms with van der Waals surface area (Å²) in [6.07, 6.45) is 57.0. The van der Waals surface area contributed by atoms with Crippen LogP contribution in [0.1, 0.15) is 149 Å². The molecule has 0 saturated carbocycles. The van der Waals surface area contributed by atoms with Gasteiger partial charge in [-0.15, -0.1) is 0 Å². The summed E-state index contributed by atoms with van der Waals surface area (Å²) < 4.78 is 17.1. The van der Waals surface area contributed by atoms with Crippen molar-refractivity contribution in [2.45, 2.75) is 161 Å². The Morgan fingerprint density at radius 3 is 1.37 bits per heavy atom. The molecule has 0 saturated heterocycles. The van der Waals surface area contributed by atoms with Crippen LogP contribution in [0.4, 0.5) is 0 Å². The van der Waals surface area contributed by atoms with Crippen molar-refractivity contribution in [1.29, 1.82) is 0 Å². The lowest BCUT2D eigenvalue weighted by Gasteiger charge is -2.34. The second-order valence-corrected chi connectivity index (χ2v) is 15.9. The first-order valence-electron chi connectivity index (χ1n) is 22.9. The minimum absolute atomic E-state index is 0.000375. The topological polar surface area (TPSA) is 102 Å². The summed E-state index contributed by atoms with van der Waals surface area (Å²) in [5.74, 6) is -1.87. The van der Waals surface area contributed by atoms with E-state index < -0.39 is 24.1 Å². The molecule has 0 fully saturated rings. The zero-order chi connectivity index (χ0) is 44.2. The van der Waals surface area contributed by atoms with Crippen LogP contribution in [0.5, 0.6) is 0 Å². The highest BCUT2D eigenvalue weighted by Crippen LogP contribution is 2.12. The second kappa shape index (κ2) is 41.7. The summed E-state index contributed by atoms with van der Waals surface area (Å²) in [5.41, 5.74) is 0. The monoisotopic (exact) mass is 834 g/mol. The molecule has 0 N–H and O–H groups in total. The van der Waals surface area contributed by atoms with Gasteiger partial charge in [0.15, 0.2) is 6.10 Å². The molecule has 8 heteroatoms. The van der Waals surface area contributed by atoms with Crippen molar-refractivity contribution in [2.75, 3.05) is 41.0 Å². The number of aliphatic carboxylic acids is 1. The number of carboxylic acid groups (broad SMARTS) is 1. The number of allylic oxidation sites excluding steroid dienone is 18. The van der Waals surface area contributed by atoms with E-state index in [1.807, 2.05) is 12.2 Å². The fraction of sp³-hybridized carbons (Fsp3) is 0.596. The molecule has 0 aromatic heterocycles. The van der Waals surface area contributed by atoms with Crippen LogP contribution < -0.4 is 5.11 Å². The molecule has 8 nitrogen and oxygen atoms in total. The minimum Gasteiger partial charge on any atom is -0.544 e. The molecular formula is C52H83NO7. The molecule has 338 valence electrons. The van der Waals surface area contributed by atoms with Gasteiger partial charge in [-0.25, -0.2) is 0 Å². The minimum atomic E-state index is -1.14. The summed E-state index contributed by atoms with van der Waals surface area (Å²) in [4.78, 5) is 36.9. The molecule has 0 aliphatic carbocycles. The van der Waals surface area contributed by atoms with Gasteiger partial charge in [0.2, 0.25) is 0 Å². The van der Waals surface area contributed by atoms with Crippen molar-refractivity contribution >= 4 is 17.9 Å². The van der Waals surface area contributed by atoms with Crippen LogP contribution in [0.3, 0.4) is 0 Å². The Balaban J connectivity index is 4.49. The summed E-state index contributed by atoms with van der Waals surface area (Å²) in [5, 5.41) is 11.6.